The van der Waals surface area contributed by atoms with Crippen molar-refractivity contribution in [2.45, 2.75) is 258 Å². The van der Waals surface area contributed by atoms with Crippen LogP contribution in [-0.2, 0) is 28.6 Å². The van der Waals surface area contributed by atoms with Gasteiger partial charge >= 0.3 is 17.9 Å². The Labute approximate surface area is 353 Å². The van der Waals surface area contributed by atoms with Crippen molar-refractivity contribution in [1.82, 2.24) is 0 Å². The Morgan fingerprint density at radius 3 is 1.00 bits per heavy atom. The lowest BCUT2D eigenvalue weighted by molar-refractivity contribution is -0.167. The minimum atomic E-state index is -0.773. The van der Waals surface area contributed by atoms with Crippen molar-refractivity contribution in [2.75, 3.05) is 13.2 Å². The minimum Gasteiger partial charge on any atom is -0.462 e. The van der Waals surface area contributed by atoms with Crippen molar-refractivity contribution >= 4 is 17.9 Å². The minimum absolute atomic E-state index is 0.0773. The summed E-state index contributed by atoms with van der Waals surface area (Å²) in [4.78, 5) is 37.6. The van der Waals surface area contributed by atoms with E-state index in [-0.39, 0.29) is 31.1 Å². The average Bonchev–Trinajstić information content (AvgIpc) is 3.21. The van der Waals surface area contributed by atoms with Crippen LogP contribution in [0.5, 0.6) is 0 Å². The molecule has 1 atom stereocenters. The quantitative estimate of drug-likeness (QED) is 0.0264. The van der Waals surface area contributed by atoms with Crippen molar-refractivity contribution in [1.29, 1.82) is 0 Å². The van der Waals surface area contributed by atoms with Crippen molar-refractivity contribution < 1.29 is 28.6 Å². The fourth-order valence-electron chi connectivity index (χ4n) is 6.88. The van der Waals surface area contributed by atoms with Crippen molar-refractivity contribution in [2.24, 2.45) is 0 Å². The molecule has 0 aromatic carbocycles. The van der Waals surface area contributed by atoms with Crippen molar-refractivity contribution in [3.05, 3.63) is 36.5 Å². The average molecular weight is 801 g/mol. The van der Waals surface area contributed by atoms with E-state index in [0.717, 1.165) is 77.0 Å². The molecule has 0 aliphatic carbocycles. The lowest BCUT2D eigenvalue weighted by Gasteiger charge is -2.18. The van der Waals surface area contributed by atoms with Crippen LogP contribution < -0.4 is 0 Å². The van der Waals surface area contributed by atoms with E-state index in [4.69, 9.17) is 14.2 Å². The molecular formula is C51H92O6. The van der Waals surface area contributed by atoms with Gasteiger partial charge in [0, 0.05) is 19.3 Å². The number of esters is 3. The maximum Gasteiger partial charge on any atom is 0.306 e. The fourth-order valence-corrected chi connectivity index (χ4v) is 6.88. The van der Waals surface area contributed by atoms with Crippen LogP contribution >= 0.6 is 0 Å². The second kappa shape index (κ2) is 46.3. The van der Waals surface area contributed by atoms with Gasteiger partial charge in [-0.15, -0.1) is 0 Å². The third-order valence-electron chi connectivity index (χ3n) is 10.6. The number of allylic oxidation sites excluding steroid dienone is 6. The molecule has 0 aliphatic rings. The largest absolute Gasteiger partial charge is 0.462 e. The summed E-state index contributed by atoms with van der Waals surface area (Å²) in [6.45, 7) is 6.55. The smallest absolute Gasteiger partial charge is 0.306 e. The number of hydrogen-bond donors (Lipinski definition) is 0. The fraction of sp³-hybridized carbons (Fsp3) is 0.824. The van der Waals surface area contributed by atoms with E-state index in [9.17, 15) is 14.4 Å². The summed E-state index contributed by atoms with van der Waals surface area (Å²) in [6.07, 6.45) is 52.9. The molecule has 332 valence electrons. The first-order valence-electron chi connectivity index (χ1n) is 24.5. The Bertz CT molecular complexity index is 969. The zero-order chi connectivity index (χ0) is 41.5. The molecule has 0 rings (SSSR count). The second-order valence-corrected chi connectivity index (χ2v) is 16.4. The van der Waals surface area contributed by atoms with E-state index in [2.05, 4.69) is 57.2 Å². The van der Waals surface area contributed by atoms with Gasteiger partial charge in [-0.1, -0.05) is 192 Å². The van der Waals surface area contributed by atoms with Crippen LogP contribution in [-0.4, -0.2) is 37.2 Å². The maximum absolute atomic E-state index is 12.7. The topological polar surface area (TPSA) is 78.9 Å². The molecule has 0 fully saturated rings. The molecule has 0 spiro atoms. The van der Waals surface area contributed by atoms with E-state index in [1.54, 1.807) is 0 Å². The molecule has 6 heteroatoms. The Morgan fingerprint density at radius 1 is 0.351 bits per heavy atom. The Hall–Kier alpha value is -2.37. The highest BCUT2D eigenvalue weighted by Crippen LogP contribution is 2.14. The van der Waals surface area contributed by atoms with E-state index >= 15 is 0 Å². The van der Waals surface area contributed by atoms with Gasteiger partial charge < -0.3 is 14.2 Å². The highest BCUT2D eigenvalue weighted by atomic mass is 16.6. The first kappa shape index (κ1) is 54.6. The molecule has 0 saturated heterocycles. The molecule has 0 bridgehead atoms. The van der Waals surface area contributed by atoms with Gasteiger partial charge in [-0.25, -0.2) is 0 Å². The molecule has 0 aliphatic heterocycles. The van der Waals surface area contributed by atoms with Gasteiger partial charge in [0.05, 0.1) is 0 Å². The molecule has 6 nitrogen and oxygen atoms in total. The molecule has 0 heterocycles. The second-order valence-electron chi connectivity index (χ2n) is 16.4. The summed E-state index contributed by atoms with van der Waals surface area (Å²) in [5.74, 6) is -0.898. The van der Waals surface area contributed by atoms with Crippen molar-refractivity contribution in [3.63, 3.8) is 0 Å². The monoisotopic (exact) mass is 801 g/mol. The Balaban J connectivity index is 4.24. The molecule has 0 radical (unpaired) electrons. The number of hydrogen-bond acceptors (Lipinski definition) is 6. The lowest BCUT2D eigenvalue weighted by Crippen LogP contribution is -2.30. The van der Waals surface area contributed by atoms with Gasteiger partial charge in [0.25, 0.3) is 0 Å². The van der Waals surface area contributed by atoms with E-state index in [0.29, 0.717) is 19.3 Å². The molecule has 0 aromatic heterocycles. The van der Waals surface area contributed by atoms with Crippen LogP contribution in [0.25, 0.3) is 0 Å². The predicted octanol–water partition coefficient (Wildman–Crippen LogP) is 15.8. The third kappa shape index (κ3) is 44.6. The first-order valence-corrected chi connectivity index (χ1v) is 24.5. The van der Waals surface area contributed by atoms with Gasteiger partial charge in [0.15, 0.2) is 6.10 Å². The molecule has 0 saturated carbocycles. The van der Waals surface area contributed by atoms with Gasteiger partial charge in [-0.3, -0.25) is 14.4 Å². The normalized spacial score (nSPS) is 12.3. The summed E-state index contributed by atoms with van der Waals surface area (Å²) in [7, 11) is 0. The highest BCUT2D eigenvalue weighted by Gasteiger charge is 2.19. The molecule has 0 amide bonds. The van der Waals surface area contributed by atoms with Crippen LogP contribution in [0.2, 0.25) is 0 Å². The number of rotatable bonds is 44. The molecule has 0 N–H and O–H groups in total. The van der Waals surface area contributed by atoms with Crippen LogP contribution in [0.15, 0.2) is 36.5 Å². The van der Waals surface area contributed by atoms with Crippen LogP contribution in [0.3, 0.4) is 0 Å². The zero-order valence-electron chi connectivity index (χ0n) is 37.9. The summed E-state index contributed by atoms with van der Waals surface area (Å²) in [5, 5.41) is 0. The van der Waals surface area contributed by atoms with E-state index in [1.165, 1.54) is 135 Å². The van der Waals surface area contributed by atoms with Gasteiger partial charge in [-0.2, -0.15) is 0 Å². The van der Waals surface area contributed by atoms with Crippen LogP contribution in [0.4, 0.5) is 0 Å². The van der Waals surface area contributed by atoms with E-state index in [1.807, 2.05) is 0 Å². The number of carbonyl (C=O) groups is 3. The van der Waals surface area contributed by atoms with Gasteiger partial charge in [0.1, 0.15) is 13.2 Å². The van der Waals surface area contributed by atoms with Crippen LogP contribution in [0.1, 0.15) is 252 Å². The summed E-state index contributed by atoms with van der Waals surface area (Å²) >= 11 is 0. The maximum atomic E-state index is 12.7. The molecule has 1 unspecified atom stereocenters. The Kier molecular flexibility index (Phi) is 44.4. The summed E-state index contributed by atoms with van der Waals surface area (Å²) < 4.78 is 16.7. The SMILES string of the molecule is CCCCCC/C=C\C/C=C\CCCCCCCCCC(=O)OCC(COC(=O)CCCCCCCC)OC(=O)CCCCCCC/C=C\CCCCCCCC. The zero-order valence-corrected chi connectivity index (χ0v) is 37.9. The number of carbonyl (C=O) groups excluding carboxylic acids is 3. The first-order chi connectivity index (χ1) is 28.0. The van der Waals surface area contributed by atoms with E-state index < -0.39 is 6.10 Å². The third-order valence-corrected chi connectivity index (χ3v) is 10.6. The summed E-state index contributed by atoms with van der Waals surface area (Å²) in [6, 6.07) is 0. The van der Waals surface area contributed by atoms with Crippen molar-refractivity contribution in [3.8, 4) is 0 Å². The molecule has 57 heavy (non-hydrogen) atoms. The Morgan fingerprint density at radius 2 is 0.632 bits per heavy atom. The van der Waals surface area contributed by atoms with Crippen LogP contribution in [0, 0.1) is 0 Å². The number of unbranched alkanes of at least 4 members (excludes halogenated alkanes) is 27. The molecular weight excluding hydrogens is 709 g/mol. The number of ether oxygens (including phenoxy) is 3. The van der Waals surface area contributed by atoms with Gasteiger partial charge in [-0.05, 0) is 77.0 Å². The predicted molar refractivity (Wildman–Crippen MR) is 242 cm³/mol. The lowest BCUT2D eigenvalue weighted by atomic mass is 10.1. The molecule has 0 aromatic rings. The standard InChI is InChI=1S/C51H92O6/c1-4-7-10-13-16-18-20-22-24-25-26-28-29-31-33-35-38-41-44-50(53)56-47-48(46-55-49(52)43-40-37-15-12-9-6-3)57-51(54)45-42-39-36-34-32-30-27-23-21-19-17-14-11-8-5-2/h18,20,23-25,27,48H,4-17,19,21-22,26,28-47H2,1-3H3/b20-18-,25-24-,27-23-. The highest BCUT2D eigenvalue weighted by molar-refractivity contribution is 5.71. The summed E-state index contributed by atoms with van der Waals surface area (Å²) in [5.41, 5.74) is 0. The van der Waals surface area contributed by atoms with Gasteiger partial charge in [0.2, 0.25) is 0 Å².